The number of nitrogens with one attached hydrogen (secondary N) is 3. The zero-order valence-electron chi connectivity index (χ0n) is 78.0. The monoisotopic (exact) mass is 1810 g/mol. The third-order valence-corrected chi connectivity index (χ3v) is 42.1. The molecule has 42 heteroatoms. The molecule has 38 nitrogen and oxygen atoms in total. The number of aromatic nitrogens is 10. The second kappa shape index (κ2) is 48.2. The van der Waals surface area contributed by atoms with Gasteiger partial charge in [-0.1, -0.05) is 125 Å². The first-order valence-electron chi connectivity index (χ1n) is 42.1. The molecular formula is C82H145FN14O24Si3. The predicted octanol–water partition coefficient (Wildman–Crippen LogP) is 4.51. The second-order valence-corrected chi connectivity index (χ2v) is 52.0. The molecule has 12 atom stereocenters. The van der Waals surface area contributed by atoms with Crippen LogP contribution in [0.3, 0.4) is 0 Å². The van der Waals surface area contributed by atoms with Gasteiger partial charge in [-0.2, -0.15) is 0 Å². The van der Waals surface area contributed by atoms with Gasteiger partial charge in [0.1, 0.15) is 24.4 Å². The first-order valence-corrected chi connectivity index (χ1v) is 48.5. The predicted molar refractivity (Wildman–Crippen MR) is 478 cm³/mol. The Bertz CT molecular complexity index is 4830. The van der Waals surface area contributed by atoms with E-state index in [0.29, 0.717) is 119 Å². The van der Waals surface area contributed by atoms with E-state index in [2.05, 4.69) is 149 Å². The number of morpholine rings is 3. The van der Waals surface area contributed by atoms with E-state index in [-0.39, 0.29) is 75.9 Å². The van der Waals surface area contributed by atoms with Gasteiger partial charge in [0, 0.05) is 112 Å². The molecule has 9 heterocycles. The second-order valence-electron chi connectivity index (χ2n) is 35.6. The van der Waals surface area contributed by atoms with Crippen LogP contribution in [0, 0.1) is 34.6 Å². The minimum atomic E-state index is -2.22. The van der Waals surface area contributed by atoms with Crippen LogP contribution >= 0.6 is 0 Å². The third-order valence-electron chi connectivity index (χ3n) is 23.8. The van der Waals surface area contributed by atoms with Gasteiger partial charge in [0.2, 0.25) is 0 Å². The van der Waals surface area contributed by atoms with Gasteiger partial charge >= 0.3 is 28.4 Å². The standard InChI is InChI=1S/C21H39N3O4Si.C20H37N3O4Si.C19H32N2O6Si.C12H19N3O4.C10H14N2O6.FH.H3N/c1-14(2)29(15(3)4,16(5)6)27-13-18-11-22(8)12-19(28-18)24-10-17(7)20(25)23(9)21(24)26;1-13(2)28(14(3)4,15(5)6)26-12-17-10-22(8)11-18(27-17)23-9-16(7)19(24)21-20(23)25;1-12(2)28(13(3)4,14(5)6)26-11-16(9-22)27-17(10-23)21-8-15(7)18(24)20-19(21)25;1-8-4-15(12(18)14(3)11(8)17)10-6-13(2)5-9(7-16)19-10;1-4-2-12(10(17)11-8(4)16)9-7(15)6(14)5(3-13)18-9;;/h10,14-16,18-19H,11-13H2,1-9H3;9,13-15,17-18H,10-12H2,1-8H3,(H,21,24,25);8-10,12-14,16-17H,11H2,1-7H3,(H,20,24,25);4,9-10,16H,5-7H2,1-3H3;2,5-7,9,13-15H,3H2,1H3,(H,11,16,17);1H;1H3/t;;;;5-,6+,7?,9-;;/m....1../s1. The number of hydrogen-bond acceptors (Lipinski definition) is 28. The third kappa shape index (κ3) is 26.5. The summed E-state index contributed by atoms with van der Waals surface area (Å²) in [4.78, 5) is 155. The van der Waals surface area contributed by atoms with Gasteiger partial charge < -0.3 is 68.3 Å². The quantitative estimate of drug-likeness (QED) is 0.0241. The molecule has 5 aromatic rings. The molecule has 4 saturated heterocycles. The van der Waals surface area contributed by atoms with E-state index in [1.165, 1.54) is 60.2 Å². The number of aliphatic hydroxyl groups is 4. The van der Waals surface area contributed by atoms with E-state index in [0.717, 1.165) is 31.4 Å². The SMILES string of the molecule is Cc1cn(C(C=O)OC(C=O)CO[Si](C(C)C)(C(C)C)C(C)C)c(=O)[nH]c1=O.Cc1cn(C2CN(C)CC(CO)O2)c(=O)n(C)c1=O.Cc1cn(C2CN(C)CC(CO[Si](C(C)C)(C(C)C)C(C)C)O2)c(=O)[nH]c1=O.Cc1cn(C2CN(C)CC(CO[Si](C(C)C)(C(C)C)C(C)C)O2)c(=O)n(C)c1=O.Cc1cn([C@@H]2O[C@H](CO)[C@H](O)C2O)c(=O)[nH]c1=O.F.N. The van der Waals surface area contributed by atoms with Crippen LogP contribution in [0.2, 0.25) is 49.9 Å². The molecule has 5 aromatic heterocycles. The van der Waals surface area contributed by atoms with E-state index in [4.69, 9.17) is 42.1 Å². The lowest BCUT2D eigenvalue weighted by atomic mass is 10.1. The van der Waals surface area contributed by atoms with Crippen molar-refractivity contribution in [1.29, 1.82) is 0 Å². The number of hydrogen-bond donors (Lipinski definition) is 8. The fourth-order valence-electron chi connectivity index (χ4n) is 18.0. The van der Waals surface area contributed by atoms with Crippen molar-refractivity contribution >= 4 is 37.5 Å². The Morgan fingerprint density at radius 3 is 1.09 bits per heavy atom. The van der Waals surface area contributed by atoms with Gasteiger partial charge in [-0.3, -0.25) is 95.1 Å². The Balaban J connectivity index is 0.000000403. The van der Waals surface area contributed by atoms with Crippen molar-refractivity contribution in [3.05, 3.63) is 163 Å². The molecule has 4 aliphatic rings. The Morgan fingerprint density at radius 2 is 0.742 bits per heavy atom. The zero-order chi connectivity index (χ0) is 92.6. The number of aldehydes is 2. The van der Waals surface area contributed by atoms with Crippen LogP contribution in [0.1, 0.15) is 184 Å². The molecule has 9 rings (SSSR count). The topological polar surface area (TPSA) is 486 Å². The fourth-order valence-corrected chi connectivity index (χ4v) is 34.4. The normalized spacial score (nSPS) is 21.6. The molecule has 0 aromatic carbocycles. The highest BCUT2D eigenvalue weighted by molar-refractivity contribution is 6.78. The number of carbonyl (C=O) groups is 2. The highest BCUT2D eigenvalue weighted by Gasteiger charge is 2.49. The maximum atomic E-state index is 12.6. The average Bonchev–Trinajstić information content (AvgIpc) is 1.77. The number of halogens is 1. The van der Waals surface area contributed by atoms with Crippen LogP contribution in [0.4, 0.5) is 4.70 Å². The molecule has 0 spiro atoms. The zero-order valence-corrected chi connectivity index (χ0v) is 81.0. The summed E-state index contributed by atoms with van der Waals surface area (Å²) < 4.78 is 57.3. The van der Waals surface area contributed by atoms with Crippen molar-refractivity contribution in [2.75, 3.05) is 93.4 Å². The van der Waals surface area contributed by atoms with Crippen LogP contribution in [0.15, 0.2) is 78.9 Å². The molecular weight excluding hydrogens is 1670 g/mol. The van der Waals surface area contributed by atoms with Crippen molar-refractivity contribution in [3.63, 3.8) is 0 Å². The molecule has 0 radical (unpaired) electrons. The summed E-state index contributed by atoms with van der Waals surface area (Å²) in [6, 6.07) is 0. The van der Waals surface area contributed by atoms with Crippen LogP contribution in [-0.4, -0.2) is 256 Å². The van der Waals surface area contributed by atoms with Crippen molar-refractivity contribution in [3.8, 4) is 0 Å². The molecule has 0 saturated carbocycles. The maximum absolute atomic E-state index is 12.6. The lowest BCUT2D eigenvalue weighted by Crippen LogP contribution is -2.53. The van der Waals surface area contributed by atoms with E-state index < -0.39 is 121 Å². The first kappa shape index (κ1) is 111. The van der Waals surface area contributed by atoms with E-state index in [1.54, 1.807) is 33.2 Å². The number of H-pyrrole nitrogens is 3. The smallest absolute Gasteiger partial charge is 0.332 e. The summed E-state index contributed by atoms with van der Waals surface area (Å²) >= 11 is 0. The van der Waals surface area contributed by atoms with Gasteiger partial charge in [-0.25, -0.2) is 24.0 Å². The number of nitrogens with zero attached hydrogens (tertiary/aromatic N) is 10. The average molecular weight is 1810 g/mol. The Hall–Kier alpha value is -7.32. The van der Waals surface area contributed by atoms with Crippen molar-refractivity contribution in [2.24, 2.45) is 14.1 Å². The van der Waals surface area contributed by atoms with Crippen molar-refractivity contribution in [1.82, 2.24) is 67.8 Å². The minimum absolute atomic E-state index is 0. The summed E-state index contributed by atoms with van der Waals surface area (Å²) in [5, 5.41) is 37.5. The highest BCUT2D eigenvalue weighted by Crippen LogP contribution is 2.45. The molecule has 4 aliphatic heterocycles. The van der Waals surface area contributed by atoms with Crippen molar-refractivity contribution < 1.29 is 71.7 Å². The van der Waals surface area contributed by atoms with Gasteiger partial charge in [-0.05, 0) is 106 Å². The number of carbonyl (C=O) groups excluding carboxylic acids is 2. The first-order chi connectivity index (χ1) is 56.8. The number of aliphatic hydroxyl groups excluding tert-OH is 4. The van der Waals surface area contributed by atoms with E-state index in [1.807, 2.05) is 26.0 Å². The fraction of sp³-hybridized carbons (Fsp3) is 0.732. The highest BCUT2D eigenvalue weighted by atomic mass is 28.4. The van der Waals surface area contributed by atoms with Crippen LogP contribution in [0.5, 0.6) is 0 Å². The maximum Gasteiger partial charge on any atom is 0.332 e. The summed E-state index contributed by atoms with van der Waals surface area (Å²) in [7, 11) is 2.73. The van der Waals surface area contributed by atoms with Gasteiger partial charge in [0.15, 0.2) is 68.7 Å². The minimum Gasteiger partial charge on any atom is -0.413 e. The lowest BCUT2D eigenvalue weighted by Gasteiger charge is -2.44. The van der Waals surface area contributed by atoms with Crippen LogP contribution in [-0.2, 0) is 60.6 Å². The lowest BCUT2D eigenvalue weighted by molar-refractivity contribution is -0.139. The molecule has 10 N–H and O–H groups in total. The van der Waals surface area contributed by atoms with Crippen LogP contribution in [0.25, 0.3) is 0 Å². The van der Waals surface area contributed by atoms with Gasteiger partial charge in [0.05, 0.1) is 51.3 Å². The molecule has 0 bridgehead atoms. The molecule has 0 aliphatic carbocycles. The number of aromatic amines is 3. The molecule has 4 fully saturated rings. The number of rotatable bonds is 29. The van der Waals surface area contributed by atoms with E-state index >= 15 is 0 Å². The molecule has 9 unspecified atom stereocenters. The summed E-state index contributed by atoms with van der Waals surface area (Å²) in [5.74, 6) is 0. The summed E-state index contributed by atoms with van der Waals surface area (Å²) in [5.41, 5.74) is 1.34. The Labute approximate surface area is 727 Å². The number of ether oxygens (including phenoxy) is 5. The van der Waals surface area contributed by atoms with Crippen molar-refractivity contribution in [2.45, 2.75) is 283 Å². The number of likely N-dealkylation sites (N-methyl/N-ethyl adjacent to an activating group) is 3. The van der Waals surface area contributed by atoms with Gasteiger partial charge in [0.25, 0.3) is 27.8 Å². The Morgan fingerprint density at radius 1 is 0.419 bits per heavy atom. The largest absolute Gasteiger partial charge is 0.413 e. The van der Waals surface area contributed by atoms with E-state index in [9.17, 15) is 72.9 Å². The van der Waals surface area contributed by atoms with Gasteiger partial charge in [-0.15, -0.1) is 0 Å². The molecule has 706 valence electrons. The molecule has 0 amide bonds. The number of aryl methyl sites for hydroxylation is 5. The van der Waals surface area contributed by atoms with Crippen LogP contribution < -0.4 is 62.4 Å². The Kier molecular flexibility index (Phi) is 43.1. The summed E-state index contributed by atoms with van der Waals surface area (Å²) in [6.07, 6.45) is -0.880. The summed E-state index contributed by atoms with van der Waals surface area (Å²) in [6.45, 7) is 52.4. The molecule has 124 heavy (non-hydrogen) atoms.